The van der Waals surface area contributed by atoms with Crippen LogP contribution in [0.1, 0.15) is 47.1 Å². The molecule has 0 aromatic heterocycles. The van der Waals surface area contributed by atoms with Crippen LogP contribution in [-0.4, -0.2) is 18.3 Å². The molecule has 0 bridgehead atoms. The van der Waals surface area contributed by atoms with Crippen LogP contribution in [0.3, 0.4) is 0 Å². The van der Waals surface area contributed by atoms with Crippen LogP contribution in [0.4, 0.5) is 0 Å². The Labute approximate surface area is 127 Å². The molecule has 0 atom stereocenters. The first-order valence-corrected chi connectivity index (χ1v) is 7.20. The van der Waals surface area contributed by atoms with Crippen LogP contribution in [0.5, 0.6) is 0 Å². The predicted octanol–water partition coefficient (Wildman–Crippen LogP) is 3.54. The first-order valence-electron chi connectivity index (χ1n) is 6.82. The van der Waals surface area contributed by atoms with Gasteiger partial charge in [0.25, 0.3) is 0 Å². The first kappa shape index (κ1) is 17.0. The summed E-state index contributed by atoms with van der Waals surface area (Å²) in [5.41, 5.74) is 0.311. The molecule has 0 spiro atoms. The highest BCUT2D eigenvalue weighted by atomic mass is 35.5. The average Bonchev–Trinajstić information content (AvgIpc) is 2.61. The fourth-order valence-corrected chi connectivity index (χ4v) is 2.05. The third-order valence-electron chi connectivity index (χ3n) is 3.66. The molecule has 1 heterocycles. The summed E-state index contributed by atoms with van der Waals surface area (Å²) in [6.45, 7) is 11.9. The van der Waals surface area contributed by atoms with Crippen molar-refractivity contribution in [1.82, 2.24) is 0 Å². The Morgan fingerprint density at radius 2 is 1.60 bits per heavy atom. The van der Waals surface area contributed by atoms with Crippen LogP contribution < -0.4 is 5.46 Å². The maximum absolute atomic E-state index is 8.97. The van der Waals surface area contributed by atoms with Gasteiger partial charge in [-0.1, -0.05) is 37.6 Å². The van der Waals surface area contributed by atoms with E-state index in [0.717, 1.165) is 0 Å². The van der Waals surface area contributed by atoms with Crippen LogP contribution in [0, 0.1) is 11.3 Å². The van der Waals surface area contributed by atoms with Crippen molar-refractivity contribution >= 4 is 24.2 Å². The Morgan fingerprint density at radius 3 is 2.05 bits per heavy atom. The molecule has 1 saturated heterocycles. The van der Waals surface area contributed by atoms with Gasteiger partial charge in [-0.2, -0.15) is 5.26 Å². The monoisotopic (exact) mass is 293 g/mol. The summed E-state index contributed by atoms with van der Waals surface area (Å²) in [6, 6.07) is 7.34. The maximum Gasteiger partial charge on any atom is 0.496 e. The van der Waals surface area contributed by atoms with E-state index in [9.17, 15) is 0 Å². The van der Waals surface area contributed by atoms with E-state index in [-0.39, 0.29) is 0 Å². The van der Waals surface area contributed by atoms with E-state index < -0.39 is 18.3 Å². The molecule has 0 amide bonds. The van der Waals surface area contributed by atoms with Gasteiger partial charge in [-0.25, -0.2) is 0 Å². The Kier molecular flexibility index (Phi) is 5.26. The summed E-state index contributed by atoms with van der Waals surface area (Å²) in [5, 5.41) is 9.38. The van der Waals surface area contributed by atoms with Gasteiger partial charge in [-0.15, -0.1) is 0 Å². The molecule has 5 heteroatoms. The van der Waals surface area contributed by atoms with Gasteiger partial charge >= 0.3 is 7.12 Å². The minimum absolute atomic E-state index is 0.401. The summed E-state index contributed by atoms with van der Waals surface area (Å²) < 4.78 is 11.8. The molecule has 0 aliphatic carbocycles. The molecule has 0 unspecified atom stereocenters. The third-order valence-corrected chi connectivity index (χ3v) is 4.08. The summed E-state index contributed by atoms with van der Waals surface area (Å²) in [7, 11) is -0.532. The molecule has 108 valence electrons. The molecule has 1 fully saturated rings. The molecular weight excluding hydrogens is 272 g/mol. The van der Waals surface area contributed by atoms with Crippen LogP contribution in [0.15, 0.2) is 18.2 Å². The van der Waals surface area contributed by atoms with Gasteiger partial charge in [0.05, 0.1) is 21.8 Å². The van der Waals surface area contributed by atoms with E-state index in [2.05, 4.69) is 6.07 Å². The Morgan fingerprint density at radius 1 is 1.10 bits per heavy atom. The smallest absolute Gasteiger partial charge is 0.399 e. The highest BCUT2D eigenvalue weighted by Gasteiger charge is 2.52. The molecule has 1 aliphatic heterocycles. The van der Waals surface area contributed by atoms with Crippen LogP contribution in [-0.2, 0) is 9.31 Å². The molecule has 1 aromatic rings. The van der Waals surface area contributed by atoms with Crippen molar-refractivity contribution < 1.29 is 9.31 Å². The van der Waals surface area contributed by atoms with E-state index in [0.29, 0.717) is 16.0 Å². The minimum Gasteiger partial charge on any atom is -0.399 e. The van der Waals surface area contributed by atoms with Gasteiger partial charge in [0.15, 0.2) is 0 Å². The molecule has 0 radical (unpaired) electrons. The fourth-order valence-electron chi connectivity index (χ4n) is 1.79. The van der Waals surface area contributed by atoms with Gasteiger partial charge in [-0.3, -0.25) is 0 Å². The van der Waals surface area contributed by atoms with Gasteiger partial charge in [0.1, 0.15) is 6.07 Å². The van der Waals surface area contributed by atoms with Crippen molar-refractivity contribution in [3.05, 3.63) is 28.8 Å². The molecule has 20 heavy (non-hydrogen) atoms. The lowest BCUT2D eigenvalue weighted by molar-refractivity contribution is 0.00578. The van der Waals surface area contributed by atoms with Gasteiger partial charge in [0, 0.05) is 5.46 Å². The lowest BCUT2D eigenvalue weighted by atomic mass is 9.78. The fraction of sp³-hybridized carbons (Fsp3) is 0.533. The number of halogens is 1. The predicted molar refractivity (Wildman–Crippen MR) is 83.2 cm³/mol. The number of nitriles is 1. The van der Waals surface area contributed by atoms with E-state index in [1.807, 2.05) is 47.6 Å². The zero-order chi connectivity index (χ0) is 15.6. The SMILES string of the molecule is CC.CC1(C)OB(c2cccc(C#N)c2Cl)OC1(C)C. The van der Waals surface area contributed by atoms with Gasteiger partial charge < -0.3 is 9.31 Å². The molecule has 0 saturated carbocycles. The summed E-state index contributed by atoms with van der Waals surface area (Å²) in [4.78, 5) is 0. The second-order valence-corrected chi connectivity index (χ2v) is 5.79. The zero-order valence-corrected chi connectivity index (χ0v) is 13.7. The molecule has 0 N–H and O–H groups in total. The summed E-state index contributed by atoms with van der Waals surface area (Å²) >= 11 is 6.19. The molecule has 1 aliphatic rings. The van der Waals surface area contributed by atoms with Gasteiger partial charge in [0.2, 0.25) is 0 Å². The quantitative estimate of drug-likeness (QED) is 0.744. The van der Waals surface area contributed by atoms with Crippen molar-refractivity contribution in [3.63, 3.8) is 0 Å². The number of benzene rings is 1. The topological polar surface area (TPSA) is 42.2 Å². The molecular formula is C15H21BClNO2. The number of hydrogen-bond acceptors (Lipinski definition) is 3. The van der Waals surface area contributed by atoms with E-state index in [4.69, 9.17) is 26.2 Å². The highest BCUT2D eigenvalue weighted by Crippen LogP contribution is 2.37. The molecule has 3 nitrogen and oxygen atoms in total. The second kappa shape index (κ2) is 6.18. The normalized spacial score (nSPS) is 19.0. The Balaban J connectivity index is 0.000000956. The lowest BCUT2D eigenvalue weighted by Crippen LogP contribution is -2.41. The van der Waals surface area contributed by atoms with E-state index in [1.165, 1.54) is 0 Å². The van der Waals surface area contributed by atoms with Crippen LogP contribution in [0.2, 0.25) is 5.02 Å². The number of nitrogens with zero attached hydrogens (tertiary/aromatic N) is 1. The summed E-state index contributed by atoms with van der Waals surface area (Å²) in [6.07, 6.45) is 0. The largest absolute Gasteiger partial charge is 0.496 e. The minimum atomic E-state index is -0.532. The maximum atomic E-state index is 8.97. The van der Waals surface area contributed by atoms with E-state index >= 15 is 0 Å². The highest BCUT2D eigenvalue weighted by molar-refractivity contribution is 6.65. The van der Waals surface area contributed by atoms with Crippen molar-refractivity contribution in [3.8, 4) is 6.07 Å². The van der Waals surface area contributed by atoms with Crippen molar-refractivity contribution in [1.29, 1.82) is 5.26 Å². The average molecular weight is 294 g/mol. The number of rotatable bonds is 1. The first-order chi connectivity index (χ1) is 9.28. The zero-order valence-electron chi connectivity index (χ0n) is 13.0. The van der Waals surface area contributed by atoms with Crippen molar-refractivity contribution in [2.45, 2.75) is 52.7 Å². The molecule has 2 rings (SSSR count). The van der Waals surface area contributed by atoms with E-state index in [1.54, 1.807) is 12.1 Å². The second-order valence-electron chi connectivity index (χ2n) is 5.41. The molecule has 1 aromatic carbocycles. The standard InChI is InChI=1S/C13H15BClNO2.C2H6/c1-12(2)13(3,4)18-14(17-12)10-7-5-6-9(8-16)11(10)15;1-2/h5-7H,1-4H3;1-2H3. The lowest BCUT2D eigenvalue weighted by Gasteiger charge is -2.32. The van der Waals surface area contributed by atoms with Crippen LogP contribution in [0.25, 0.3) is 0 Å². The van der Waals surface area contributed by atoms with Crippen molar-refractivity contribution in [2.24, 2.45) is 0 Å². The Bertz CT molecular complexity index is 507. The number of hydrogen-bond donors (Lipinski definition) is 0. The third kappa shape index (κ3) is 3.01. The van der Waals surface area contributed by atoms with Gasteiger partial charge in [-0.05, 0) is 33.8 Å². The van der Waals surface area contributed by atoms with Crippen molar-refractivity contribution in [2.75, 3.05) is 0 Å². The summed E-state index contributed by atoms with van der Waals surface area (Å²) in [5.74, 6) is 0. The Hall–Kier alpha value is -1.02. The van der Waals surface area contributed by atoms with Crippen LogP contribution >= 0.6 is 11.6 Å².